The van der Waals surface area contributed by atoms with Crippen LogP contribution in [0.25, 0.3) is 0 Å². The Hall–Kier alpha value is -1.66. The second-order valence-corrected chi connectivity index (χ2v) is 8.54. The maximum Gasteiger partial charge on any atom is 0.228 e. The van der Waals surface area contributed by atoms with E-state index in [0.29, 0.717) is 6.54 Å². The van der Waals surface area contributed by atoms with Gasteiger partial charge in [0.1, 0.15) is 0 Å². The van der Waals surface area contributed by atoms with Gasteiger partial charge in [0.15, 0.2) is 0 Å². The fraction of sp³-hybridized carbons (Fsp3) is 0.526. The van der Waals surface area contributed by atoms with Crippen LogP contribution in [0.1, 0.15) is 38.5 Å². The van der Waals surface area contributed by atoms with E-state index in [1.807, 2.05) is 30.3 Å². The number of nitrogens with zero attached hydrogens (tertiary/aromatic N) is 2. The van der Waals surface area contributed by atoms with Crippen molar-refractivity contribution < 1.29 is 13.2 Å². The van der Waals surface area contributed by atoms with Crippen molar-refractivity contribution in [3.63, 3.8) is 0 Å². The predicted octanol–water partition coefficient (Wildman–Crippen LogP) is 3.19. The van der Waals surface area contributed by atoms with E-state index in [1.54, 1.807) is 11.9 Å². The lowest BCUT2D eigenvalue weighted by molar-refractivity contribution is -0.118. The minimum atomic E-state index is -3.32. The van der Waals surface area contributed by atoms with Crippen molar-refractivity contribution >= 4 is 21.6 Å². The molecule has 0 fully saturated rings. The molecular weight excluding hydrogens is 336 g/mol. The number of carbonyl (C=O) groups excluding carboxylic acids is 1. The van der Waals surface area contributed by atoms with Crippen LogP contribution in [-0.2, 0) is 14.8 Å². The molecule has 1 aromatic carbocycles. The van der Waals surface area contributed by atoms with Gasteiger partial charge in [0.2, 0.25) is 15.9 Å². The Bertz CT molecular complexity index is 699. The summed E-state index contributed by atoms with van der Waals surface area (Å²) in [5, 5.41) is 0. The summed E-state index contributed by atoms with van der Waals surface area (Å²) in [6.07, 6.45) is 8.95. The van der Waals surface area contributed by atoms with Crippen LogP contribution in [0.4, 0.5) is 5.69 Å². The molecular formula is C19H28N2O3S. The van der Waals surface area contributed by atoms with Crippen molar-refractivity contribution in [1.29, 1.82) is 0 Å². The van der Waals surface area contributed by atoms with Crippen LogP contribution >= 0.6 is 0 Å². The lowest BCUT2D eigenvalue weighted by Crippen LogP contribution is -2.36. The topological polar surface area (TPSA) is 57.7 Å². The molecule has 1 aliphatic carbocycles. The second kappa shape index (κ2) is 9.15. The number of sulfonamides is 1. The highest BCUT2D eigenvalue weighted by Crippen LogP contribution is 2.21. The van der Waals surface area contributed by atoms with E-state index < -0.39 is 10.0 Å². The third-order valence-corrected chi connectivity index (χ3v) is 5.93. The van der Waals surface area contributed by atoms with Crippen LogP contribution in [-0.4, -0.2) is 45.0 Å². The van der Waals surface area contributed by atoms with Crippen molar-refractivity contribution in [2.45, 2.75) is 38.5 Å². The van der Waals surface area contributed by atoms with E-state index in [1.165, 1.54) is 29.0 Å². The Balaban J connectivity index is 1.91. The summed E-state index contributed by atoms with van der Waals surface area (Å²) < 4.78 is 25.5. The molecule has 0 aliphatic heterocycles. The number of benzene rings is 1. The molecule has 138 valence electrons. The average Bonchev–Trinajstić information content (AvgIpc) is 2.61. The zero-order chi connectivity index (χ0) is 18.3. The molecule has 0 radical (unpaired) electrons. The van der Waals surface area contributed by atoms with Crippen molar-refractivity contribution in [1.82, 2.24) is 4.31 Å². The molecule has 25 heavy (non-hydrogen) atoms. The zero-order valence-electron chi connectivity index (χ0n) is 15.1. The summed E-state index contributed by atoms with van der Waals surface area (Å²) in [6, 6.07) is 9.37. The molecule has 0 saturated heterocycles. The fourth-order valence-corrected chi connectivity index (χ4v) is 3.87. The summed E-state index contributed by atoms with van der Waals surface area (Å²) >= 11 is 0. The smallest absolute Gasteiger partial charge is 0.228 e. The number of hydrogen-bond acceptors (Lipinski definition) is 3. The van der Waals surface area contributed by atoms with Gasteiger partial charge in [-0.05, 0) is 44.2 Å². The third kappa shape index (κ3) is 6.29. The molecule has 0 aromatic heterocycles. The van der Waals surface area contributed by atoms with E-state index in [-0.39, 0.29) is 18.9 Å². The molecule has 1 aromatic rings. The van der Waals surface area contributed by atoms with E-state index in [0.717, 1.165) is 24.9 Å². The van der Waals surface area contributed by atoms with Crippen LogP contribution in [0.2, 0.25) is 0 Å². The standard InChI is InChI=1S/C19H28N2O3S/c1-20(18-11-7-4-8-12-18)19(22)14-16-21(25(2,23)24)15-13-17-9-5-3-6-10-17/h4,7-9,11-12H,3,5-6,10,13-16H2,1-2H3. The first-order chi connectivity index (χ1) is 11.9. The third-order valence-electron chi connectivity index (χ3n) is 4.63. The first-order valence-electron chi connectivity index (χ1n) is 8.82. The van der Waals surface area contributed by atoms with Gasteiger partial charge in [-0.15, -0.1) is 0 Å². The molecule has 0 heterocycles. The monoisotopic (exact) mass is 364 g/mol. The van der Waals surface area contributed by atoms with Gasteiger partial charge in [0.05, 0.1) is 6.26 Å². The highest BCUT2D eigenvalue weighted by atomic mass is 32.2. The Labute approximate surface area is 151 Å². The van der Waals surface area contributed by atoms with Crippen LogP contribution in [0.3, 0.4) is 0 Å². The molecule has 0 saturated carbocycles. The second-order valence-electron chi connectivity index (χ2n) is 6.56. The van der Waals surface area contributed by atoms with Gasteiger partial charge < -0.3 is 4.90 Å². The van der Waals surface area contributed by atoms with E-state index >= 15 is 0 Å². The van der Waals surface area contributed by atoms with Gasteiger partial charge in [-0.1, -0.05) is 29.8 Å². The van der Waals surface area contributed by atoms with Gasteiger partial charge in [0, 0.05) is 32.2 Å². The lowest BCUT2D eigenvalue weighted by atomic mass is 9.97. The van der Waals surface area contributed by atoms with E-state index in [2.05, 4.69) is 6.08 Å². The summed E-state index contributed by atoms with van der Waals surface area (Å²) in [5.41, 5.74) is 2.15. The van der Waals surface area contributed by atoms with Gasteiger partial charge in [0.25, 0.3) is 0 Å². The molecule has 0 unspecified atom stereocenters. The number of allylic oxidation sites excluding steroid dienone is 1. The minimum absolute atomic E-state index is 0.0864. The Kier molecular flexibility index (Phi) is 7.20. The van der Waals surface area contributed by atoms with Gasteiger partial charge >= 0.3 is 0 Å². The number of carbonyl (C=O) groups is 1. The summed E-state index contributed by atoms with van der Waals surface area (Å²) in [6.45, 7) is 0.676. The van der Waals surface area contributed by atoms with Crippen LogP contribution in [0.5, 0.6) is 0 Å². The normalized spacial score (nSPS) is 15.1. The highest BCUT2D eigenvalue weighted by Gasteiger charge is 2.20. The fourth-order valence-electron chi connectivity index (χ4n) is 3.03. The SMILES string of the molecule is CN(C(=O)CCN(CCC1=CCCCC1)S(C)(=O)=O)c1ccccc1. The average molecular weight is 365 g/mol. The molecule has 0 N–H and O–H groups in total. The van der Waals surface area contributed by atoms with Crippen LogP contribution in [0, 0.1) is 0 Å². The maximum absolute atomic E-state index is 12.4. The largest absolute Gasteiger partial charge is 0.315 e. The van der Waals surface area contributed by atoms with Crippen molar-refractivity contribution in [2.75, 3.05) is 31.3 Å². The van der Waals surface area contributed by atoms with Crippen LogP contribution < -0.4 is 4.90 Å². The van der Waals surface area contributed by atoms with Gasteiger partial charge in [-0.25, -0.2) is 12.7 Å². The van der Waals surface area contributed by atoms with Crippen LogP contribution in [0.15, 0.2) is 42.0 Å². The molecule has 6 heteroatoms. The maximum atomic E-state index is 12.4. The Morgan fingerprint density at radius 3 is 2.44 bits per heavy atom. The molecule has 1 aliphatic rings. The summed E-state index contributed by atoms with van der Waals surface area (Å²) in [5.74, 6) is -0.0864. The minimum Gasteiger partial charge on any atom is -0.315 e. The molecule has 5 nitrogen and oxygen atoms in total. The molecule has 0 spiro atoms. The first-order valence-corrected chi connectivity index (χ1v) is 10.7. The van der Waals surface area contributed by atoms with E-state index in [9.17, 15) is 13.2 Å². The number of anilines is 1. The van der Waals surface area contributed by atoms with Gasteiger partial charge in [-0.3, -0.25) is 4.79 Å². The summed E-state index contributed by atoms with van der Waals surface area (Å²) in [7, 11) is -1.60. The Morgan fingerprint density at radius 2 is 1.84 bits per heavy atom. The number of para-hydroxylation sites is 1. The van der Waals surface area contributed by atoms with Crippen molar-refractivity contribution in [3.8, 4) is 0 Å². The molecule has 2 rings (SSSR count). The molecule has 1 amide bonds. The molecule has 0 atom stereocenters. The number of amides is 1. The van der Waals surface area contributed by atoms with Crippen molar-refractivity contribution in [3.05, 3.63) is 42.0 Å². The quantitative estimate of drug-likeness (QED) is 0.666. The molecule has 0 bridgehead atoms. The Morgan fingerprint density at radius 1 is 1.12 bits per heavy atom. The summed E-state index contributed by atoms with van der Waals surface area (Å²) in [4.78, 5) is 13.9. The van der Waals surface area contributed by atoms with Gasteiger partial charge in [-0.2, -0.15) is 0 Å². The lowest BCUT2D eigenvalue weighted by Gasteiger charge is -2.23. The highest BCUT2D eigenvalue weighted by molar-refractivity contribution is 7.88. The van der Waals surface area contributed by atoms with E-state index in [4.69, 9.17) is 0 Å². The number of rotatable bonds is 8. The van der Waals surface area contributed by atoms with Crippen molar-refractivity contribution in [2.24, 2.45) is 0 Å². The zero-order valence-corrected chi connectivity index (χ0v) is 16.0. The first kappa shape index (κ1) is 19.7. The predicted molar refractivity (Wildman–Crippen MR) is 102 cm³/mol. The number of hydrogen-bond donors (Lipinski definition) is 0.